The topological polar surface area (TPSA) is 58.6 Å². The van der Waals surface area contributed by atoms with Crippen LogP contribution in [-0.4, -0.2) is 36.4 Å². The van der Waals surface area contributed by atoms with Crippen LogP contribution in [0.5, 0.6) is 5.75 Å². The second-order valence-corrected chi connectivity index (χ2v) is 8.62. The zero-order chi connectivity index (χ0) is 21.5. The van der Waals surface area contributed by atoms with Crippen LogP contribution in [0, 0.1) is 0 Å². The number of carbonyl (C=O) groups is 2. The van der Waals surface area contributed by atoms with E-state index in [1.165, 1.54) is 12.0 Å². The fourth-order valence-electron chi connectivity index (χ4n) is 3.53. The minimum atomic E-state index is -0.268. The number of benzene rings is 2. The van der Waals surface area contributed by atoms with Gasteiger partial charge in [-0.1, -0.05) is 26.0 Å². The van der Waals surface area contributed by atoms with E-state index in [0.717, 1.165) is 36.8 Å². The number of halogens is 1. The number of hydrogen-bond acceptors (Lipinski definition) is 3. The fourth-order valence-corrected chi connectivity index (χ4v) is 4.04. The van der Waals surface area contributed by atoms with Crippen molar-refractivity contribution in [2.24, 2.45) is 0 Å². The predicted molar refractivity (Wildman–Crippen MR) is 123 cm³/mol. The van der Waals surface area contributed by atoms with E-state index in [2.05, 4.69) is 35.1 Å². The molecule has 1 N–H and O–H groups in total. The molecule has 1 aliphatic heterocycles. The summed E-state index contributed by atoms with van der Waals surface area (Å²) in [5, 5.41) is 2.82. The summed E-state index contributed by atoms with van der Waals surface area (Å²) in [5.74, 6) is 0.854. The van der Waals surface area contributed by atoms with Crippen LogP contribution in [0.2, 0.25) is 0 Å². The Morgan fingerprint density at radius 3 is 2.60 bits per heavy atom. The molecule has 0 radical (unpaired) electrons. The molecule has 3 rings (SSSR count). The van der Waals surface area contributed by atoms with Crippen LogP contribution in [0.3, 0.4) is 0 Å². The third-order valence-corrected chi connectivity index (χ3v) is 6.15. The lowest BCUT2D eigenvalue weighted by atomic mass is 9.99. The van der Waals surface area contributed by atoms with Gasteiger partial charge in [0.25, 0.3) is 11.8 Å². The second-order valence-electron chi connectivity index (χ2n) is 7.77. The van der Waals surface area contributed by atoms with E-state index in [1.807, 2.05) is 23.1 Å². The zero-order valence-corrected chi connectivity index (χ0v) is 19.2. The van der Waals surface area contributed by atoms with Crippen molar-refractivity contribution >= 4 is 33.4 Å². The van der Waals surface area contributed by atoms with Gasteiger partial charge in [-0.25, -0.2) is 0 Å². The third-order valence-electron chi connectivity index (χ3n) is 5.53. The Hall–Kier alpha value is -2.34. The van der Waals surface area contributed by atoms with Crippen molar-refractivity contribution in [2.75, 3.05) is 25.0 Å². The smallest absolute Gasteiger partial charge is 0.262 e. The van der Waals surface area contributed by atoms with E-state index < -0.39 is 0 Å². The molecule has 6 heteroatoms. The summed E-state index contributed by atoms with van der Waals surface area (Å²) in [6, 6.07) is 13.0. The summed E-state index contributed by atoms with van der Waals surface area (Å²) < 4.78 is 6.51. The van der Waals surface area contributed by atoms with Crippen molar-refractivity contribution in [1.29, 1.82) is 0 Å². The van der Waals surface area contributed by atoms with Crippen molar-refractivity contribution in [3.63, 3.8) is 0 Å². The minimum absolute atomic E-state index is 0.0207. The second kappa shape index (κ2) is 10.6. The number of nitrogens with zero attached hydrogens (tertiary/aromatic N) is 1. The molecule has 1 fully saturated rings. The van der Waals surface area contributed by atoms with Crippen LogP contribution in [0.1, 0.15) is 61.4 Å². The monoisotopic (exact) mass is 472 g/mol. The van der Waals surface area contributed by atoms with Crippen LogP contribution < -0.4 is 10.1 Å². The maximum atomic E-state index is 12.7. The maximum absolute atomic E-state index is 12.7. The van der Waals surface area contributed by atoms with Crippen LogP contribution >= 0.6 is 15.9 Å². The van der Waals surface area contributed by atoms with Gasteiger partial charge in [0.15, 0.2) is 6.61 Å². The number of carbonyl (C=O) groups excluding carboxylic acids is 2. The summed E-state index contributed by atoms with van der Waals surface area (Å²) in [5.41, 5.74) is 2.42. The molecular formula is C24H29BrN2O3. The standard InChI is InChI=1S/C24H29BrN2O3/c1-3-17(2)18-10-11-22(21(25)15-18)30-16-23(28)26-20-9-7-8-19(14-20)24(29)27-12-5-4-6-13-27/h7-11,14-15,17H,3-6,12-13,16H2,1-2H3,(H,26,28). The molecule has 0 aromatic heterocycles. The first kappa shape index (κ1) is 22.3. The summed E-state index contributed by atoms with van der Waals surface area (Å²) in [6.07, 6.45) is 4.34. The lowest BCUT2D eigenvalue weighted by molar-refractivity contribution is -0.118. The number of ether oxygens (including phenoxy) is 1. The number of rotatable bonds is 7. The summed E-state index contributed by atoms with van der Waals surface area (Å²) >= 11 is 3.53. The molecule has 1 atom stereocenters. The number of amides is 2. The molecule has 0 bridgehead atoms. The van der Waals surface area contributed by atoms with Gasteiger partial charge in [0.2, 0.25) is 0 Å². The highest BCUT2D eigenvalue weighted by atomic mass is 79.9. The van der Waals surface area contributed by atoms with E-state index in [-0.39, 0.29) is 18.4 Å². The Morgan fingerprint density at radius 2 is 1.90 bits per heavy atom. The molecule has 0 saturated carbocycles. The van der Waals surface area contributed by atoms with Gasteiger partial charge in [-0.05, 0) is 83.4 Å². The number of piperidine rings is 1. The molecule has 1 unspecified atom stereocenters. The average molecular weight is 473 g/mol. The summed E-state index contributed by atoms with van der Waals surface area (Å²) in [6.45, 7) is 5.83. The van der Waals surface area contributed by atoms with Crippen LogP contribution in [-0.2, 0) is 4.79 Å². The molecule has 5 nitrogen and oxygen atoms in total. The van der Waals surface area contributed by atoms with Gasteiger partial charge in [0.1, 0.15) is 5.75 Å². The Balaban J connectivity index is 1.57. The lowest BCUT2D eigenvalue weighted by Crippen LogP contribution is -2.35. The third kappa shape index (κ3) is 5.85. The van der Waals surface area contributed by atoms with Gasteiger partial charge in [0.05, 0.1) is 4.47 Å². The molecule has 0 aliphatic carbocycles. The molecule has 0 spiro atoms. The molecule has 2 amide bonds. The van der Waals surface area contributed by atoms with Gasteiger partial charge in [-0.2, -0.15) is 0 Å². The first-order chi connectivity index (χ1) is 14.5. The first-order valence-electron chi connectivity index (χ1n) is 10.6. The Labute approximate surface area is 186 Å². The summed E-state index contributed by atoms with van der Waals surface area (Å²) in [4.78, 5) is 26.9. The van der Waals surface area contributed by atoms with E-state index in [4.69, 9.17) is 4.74 Å². The van der Waals surface area contributed by atoms with Crippen LogP contribution in [0.25, 0.3) is 0 Å². The predicted octanol–water partition coefficient (Wildman–Crippen LogP) is 5.61. The van der Waals surface area contributed by atoms with Crippen LogP contribution in [0.15, 0.2) is 46.9 Å². The Kier molecular flexibility index (Phi) is 7.91. The quantitative estimate of drug-likeness (QED) is 0.569. The van der Waals surface area contributed by atoms with Gasteiger partial charge in [-0.15, -0.1) is 0 Å². The Bertz CT molecular complexity index is 894. The van der Waals surface area contributed by atoms with E-state index >= 15 is 0 Å². The van der Waals surface area contributed by atoms with E-state index in [0.29, 0.717) is 22.9 Å². The molecular weight excluding hydrogens is 444 g/mol. The molecule has 160 valence electrons. The van der Waals surface area contributed by atoms with E-state index in [1.54, 1.807) is 24.3 Å². The van der Waals surface area contributed by atoms with Crippen LogP contribution in [0.4, 0.5) is 5.69 Å². The average Bonchev–Trinajstić information content (AvgIpc) is 2.78. The number of hydrogen-bond donors (Lipinski definition) is 1. The molecule has 1 aliphatic rings. The molecule has 2 aromatic rings. The SMILES string of the molecule is CCC(C)c1ccc(OCC(=O)Nc2cccc(C(=O)N3CCCCC3)c2)c(Br)c1. The summed E-state index contributed by atoms with van der Waals surface area (Å²) in [7, 11) is 0. The number of likely N-dealkylation sites (tertiary alicyclic amines) is 1. The van der Waals surface area contributed by atoms with Crippen molar-refractivity contribution < 1.29 is 14.3 Å². The van der Waals surface area contributed by atoms with Crippen molar-refractivity contribution in [2.45, 2.75) is 45.4 Å². The highest BCUT2D eigenvalue weighted by Gasteiger charge is 2.18. The highest BCUT2D eigenvalue weighted by Crippen LogP contribution is 2.30. The normalized spacial score (nSPS) is 14.8. The number of nitrogens with one attached hydrogen (secondary N) is 1. The van der Waals surface area contributed by atoms with Crippen molar-refractivity contribution in [1.82, 2.24) is 4.90 Å². The number of anilines is 1. The largest absolute Gasteiger partial charge is 0.483 e. The molecule has 1 heterocycles. The van der Waals surface area contributed by atoms with Crippen molar-refractivity contribution in [3.8, 4) is 5.75 Å². The molecule has 1 saturated heterocycles. The van der Waals surface area contributed by atoms with Crippen molar-refractivity contribution in [3.05, 3.63) is 58.1 Å². The van der Waals surface area contributed by atoms with Gasteiger partial charge < -0.3 is 15.0 Å². The molecule has 30 heavy (non-hydrogen) atoms. The zero-order valence-electron chi connectivity index (χ0n) is 17.6. The van der Waals surface area contributed by atoms with Gasteiger partial charge in [-0.3, -0.25) is 9.59 Å². The maximum Gasteiger partial charge on any atom is 0.262 e. The highest BCUT2D eigenvalue weighted by molar-refractivity contribution is 9.10. The van der Waals surface area contributed by atoms with E-state index in [9.17, 15) is 9.59 Å². The molecule has 2 aromatic carbocycles. The van der Waals surface area contributed by atoms with Gasteiger partial charge in [0, 0.05) is 24.3 Å². The Morgan fingerprint density at radius 1 is 1.13 bits per heavy atom. The fraction of sp³-hybridized carbons (Fsp3) is 0.417. The first-order valence-corrected chi connectivity index (χ1v) is 11.4. The minimum Gasteiger partial charge on any atom is -0.483 e. The lowest BCUT2D eigenvalue weighted by Gasteiger charge is -2.26. The van der Waals surface area contributed by atoms with Gasteiger partial charge >= 0.3 is 0 Å².